The van der Waals surface area contributed by atoms with Gasteiger partial charge < -0.3 is 14.3 Å². The van der Waals surface area contributed by atoms with Gasteiger partial charge in [0, 0.05) is 36.6 Å². The molecule has 0 unspecified atom stereocenters. The molecule has 1 N–H and O–H groups in total. The van der Waals surface area contributed by atoms with Crippen LogP contribution in [0.2, 0.25) is 0 Å². The van der Waals surface area contributed by atoms with Crippen molar-refractivity contribution < 1.29 is 9.76 Å². The highest BCUT2D eigenvalue weighted by molar-refractivity contribution is 7.25. The fraction of sp³-hybridized carbons (Fsp3) is 0.167. The smallest absolute Gasteiger partial charge is 0.309 e. The lowest BCUT2D eigenvalue weighted by Gasteiger charge is -2.37. The summed E-state index contributed by atoms with van der Waals surface area (Å²) in [7, 11) is 0.437. The molecule has 3 nitrogen and oxygen atoms in total. The molecule has 202 valence electrons. The molecule has 41 heavy (non-hydrogen) atoms. The molecule has 0 aliphatic carbocycles. The van der Waals surface area contributed by atoms with E-state index in [2.05, 4.69) is 114 Å². The predicted molar refractivity (Wildman–Crippen MR) is 177 cm³/mol. The Morgan fingerprint density at radius 1 is 0.634 bits per heavy atom. The first-order valence-corrected chi connectivity index (χ1v) is 14.9. The molecule has 0 fully saturated rings. The Morgan fingerprint density at radius 2 is 1.34 bits per heavy atom. The predicted octanol–water partition coefficient (Wildman–Crippen LogP) is 8.36. The van der Waals surface area contributed by atoms with Crippen LogP contribution >= 0.6 is 11.3 Å². The van der Waals surface area contributed by atoms with Crippen LogP contribution in [0.15, 0.2) is 109 Å². The number of hydrogen-bond acceptors (Lipinski definition) is 3. The first-order chi connectivity index (χ1) is 19.7. The van der Waals surface area contributed by atoms with Gasteiger partial charge >= 0.3 is 7.48 Å². The fourth-order valence-electron chi connectivity index (χ4n) is 5.56. The van der Waals surface area contributed by atoms with Crippen molar-refractivity contribution in [3.63, 3.8) is 0 Å². The normalized spacial score (nSPS) is 12.6. The summed E-state index contributed by atoms with van der Waals surface area (Å²) in [5, 5.41) is 15.6. The Morgan fingerprint density at radius 3 is 2.17 bits per heavy atom. The van der Waals surface area contributed by atoms with Gasteiger partial charge in [-0.2, -0.15) is 0 Å². The van der Waals surface area contributed by atoms with E-state index in [1.807, 2.05) is 25.2 Å². The van der Waals surface area contributed by atoms with Gasteiger partial charge in [0.15, 0.2) is 0 Å². The van der Waals surface area contributed by atoms with Crippen molar-refractivity contribution in [1.82, 2.24) is 4.57 Å². The summed E-state index contributed by atoms with van der Waals surface area (Å²) in [6.07, 6.45) is 0. The van der Waals surface area contributed by atoms with E-state index < -0.39 is 11.2 Å². The highest BCUT2D eigenvalue weighted by Gasteiger charge is 2.35. The zero-order chi connectivity index (χ0) is 28.4. The van der Waals surface area contributed by atoms with Gasteiger partial charge in [-0.3, -0.25) is 0 Å². The van der Waals surface area contributed by atoms with Crippen LogP contribution in [0.3, 0.4) is 0 Å². The van der Waals surface area contributed by atoms with E-state index in [-0.39, 0.29) is 0 Å². The summed E-state index contributed by atoms with van der Waals surface area (Å²) in [5.41, 5.74) is 5.37. The zero-order valence-electron chi connectivity index (χ0n) is 23.8. The van der Waals surface area contributed by atoms with Crippen LogP contribution in [0.1, 0.15) is 27.7 Å². The lowest BCUT2D eigenvalue weighted by atomic mass is 9.81. The molecule has 2 aromatic heterocycles. The van der Waals surface area contributed by atoms with Gasteiger partial charge in [-0.1, -0.05) is 72.2 Å². The maximum atomic E-state index is 10.5. The third kappa shape index (κ3) is 4.45. The molecule has 0 saturated heterocycles. The van der Waals surface area contributed by atoms with E-state index in [9.17, 15) is 5.11 Å². The van der Waals surface area contributed by atoms with Crippen LogP contribution in [0.4, 0.5) is 0 Å². The third-order valence-corrected chi connectivity index (χ3v) is 9.78. The molecule has 0 aliphatic rings. The number of hydrogen-bond donors (Lipinski definition) is 1. The first-order valence-electron chi connectivity index (χ1n) is 14.1. The fourth-order valence-corrected chi connectivity index (χ4v) is 6.65. The minimum absolute atomic E-state index is 0.437. The largest absolute Gasteiger partial charge is 0.427 e. The second-order valence-corrected chi connectivity index (χ2v) is 13.0. The average molecular weight is 554 g/mol. The number of benzene rings is 5. The molecule has 5 aromatic carbocycles. The molecule has 0 spiro atoms. The summed E-state index contributed by atoms with van der Waals surface area (Å²) >= 11 is 1.85. The second-order valence-electron chi connectivity index (χ2n) is 11.9. The molecule has 7 rings (SSSR count). The van der Waals surface area contributed by atoms with E-state index in [1.165, 1.54) is 53.2 Å². The van der Waals surface area contributed by atoms with Crippen LogP contribution in [0, 0.1) is 0 Å². The summed E-state index contributed by atoms with van der Waals surface area (Å²) in [6, 6.07) is 39.5. The second kappa shape index (κ2) is 9.59. The quantitative estimate of drug-likeness (QED) is 0.210. The molecule has 2 heterocycles. The van der Waals surface area contributed by atoms with Crippen molar-refractivity contribution in [3.8, 4) is 16.8 Å². The van der Waals surface area contributed by atoms with Crippen molar-refractivity contribution in [3.05, 3.63) is 109 Å². The highest BCUT2D eigenvalue weighted by Crippen LogP contribution is 2.38. The van der Waals surface area contributed by atoms with Gasteiger partial charge in [0.1, 0.15) is 0 Å². The molecule has 0 saturated carbocycles. The number of aromatic nitrogens is 1. The standard InChI is InChI=1S/C36H32BNO2S/c1-35(2,39)36(3,4)40-37-25-11-9-10-23(20-25)24-16-18-32-29(21-24)27-12-5-7-14-31(27)38(32)26-17-19-34-30(22-26)28-13-6-8-15-33(28)41-34/h5-22,37,39H,1-4H3. The summed E-state index contributed by atoms with van der Waals surface area (Å²) in [5.74, 6) is 0. The Labute approximate surface area is 244 Å². The minimum atomic E-state index is -0.940. The monoisotopic (exact) mass is 553 g/mol. The Balaban J connectivity index is 1.32. The molecule has 0 bridgehead atoms. The molecule has 0 atom stereocenters. The number of nitrogens with zero attached hydrogens (tertiary/aromatic N) is 1. The average Bonchev–Trinajstić information content (AvgIpc) is 3.50. The molecule has 0 amide bonds. The van der Waals surface area contributed by atoms with Gasteiger partial charge in [-0.15, -0.1) is 11.3 Å². The van der Waals surface area contributed by atoms with Crippen LogP contribution in [0.25, 0.3) is 58.8 Å². The molecule has 7 aromatic rings. The molecular weight excluding hydrogens is 521 g/mol. The van der Waals surface area contributed by atoms with Crippen LogP contribution in [-0.4, -0.2) is 28.4 Å². The summed E-state index contributed by atoms with van der Waals surface area (Å²) in [4.78, 5) is 0. The highest BCUT2D eigenvalue weighted by atomic mass is 32.1. The number of rotatable bonds is 6. The third-order valence-electron chi connectivity index (χ3n) is 8.62. The van der Waals surface area contributed by atoms with Gasteiger partial charge in [-0.05, 0) is 81.3 Å². The number of fused-ring (bicyclic) bond motifs is 6. The zero-order valence-corrected chi connectivity index (χ0v) is 24.6. The number of thiophene rings is 1. The van der Waals surface area contributed by atoms with Crippen molar-refractivity contribution in [2.24, 2.45) is 0 Å². The number of para-hydroxylation sites is 1. The van der Waals surface area contributed by atoms with Crippen molar-refractivity contribution in [2.75, 3.05) is 0 Å². The van der Waals surface area contributed by atoms with Crippen LogP contribution in [-0.2, 0) is 4.65 Å². The lowest BCUT2D eigenvalue weighted by Crippen LogP contribution is -2.49. The van der Waals surface area contributed by atoms with Crippen molar-refractivity contribution in [2.45, 2.75) is 38.9 Å². The van der Waals surface area contributed by atoms with Crippen LogP contribution in [0.5, 0.6) is 0 Å². The van der Waals surface area contributed by atoms with Crippen molar-refractivity contribution in [1.29, 1.82) is 0 Å². The number of aliphatic hydroxyl groups is 1. The van der Waals surface area contributed by atoms with Gasteiger partial charge in [0.2, 0.25) is 0 Å². The Kier molecular flexibility index (Phi) is 6.09. The van der Waals surface area contributed by atoms with E-state index in [0.29, 0.717) is 7.48 Å². The van der Waals surface area contributed by atoms with Gasteiger partial charge in [0.05, 0.1) is 22.2 Å². The molecule has 0 aliphatic heterocycles. The lowest BCUT2D eigenvalue weighted by molar-refractivity contribution is -0.0893. The SMILES string of the molecule is CC(C)(O)C(C)(C)OBc1cccc(-c2ccc3c(c2)c2ccccc2n3-c2ccc3sc4ccccc4c3c2)c1. The minimum Gasteiger partial charge on any atom is -0.427 e. The maximum Gasteiger partial charge on any atom is 0.309 e. The Hall–Kier alpha value is -3.90. The molecule has 5 heteroatoms. The van der Waals surface area contributed by atoms with E-state index in [0.717, 1.165) is 11.0 Å². The van der Waals surface area contributed by atoms with E-state index in [1.54, 1.807) is 13.8 Å². The van der Waals surface area contributed by atoms with Crippen LogP contribution < -0.4 is 5.46 Å². The first kappa shape index (κ1) is 26.0. The topological polar surface area (TPSA) is 34.4 Å². The van der Waals surface area contributed by atoms with E-state index >= 15 is 0 Å². The molecular formula is C36H32BNO2S. The van der Waals surface area contributed by atoms with Gasteiger partial charge in [-0.25, -0.2) is 0 Å². The Bertz CT molecular complexity index is 2080. The van der Waals surface area contributed by atoms with E-state index in [4.69, 9.17) is 4.65 Å². The maximum absolute atomic E-state index is 10.5. The van der Waals surface area contributed by atoms with Crippen molar-refractivity contribution >= 4 is 66.3 Å². The summed E-state index contributed by atoms with van der Waals surface area (Å²) < 4.78 is 11.2. The van der Waals surface area contributed by atoms with Gasteiger partial charge in [0.25, 0.3) is 0 Å². The molecule has 0 radical (unpaired) electrons. The summed E-state index contributed by atoms with van der Waals surface area (Å²) in [6.45, 7) is 7.43.